The monoisotopic (exact) mass is 239 g/mol. The lowest BCUT2D eigenvalue weighted by atomic mass is 9.89. The van der Waals surface area contributed by atoms with E-state index in [2.05, 4.69) is 5.32 Å². The molecule has 1 heterocycles. The lowest BCUT2D eigenvalue weighted by Gasteiger charge is -2.23. The lowest BCUT2D eigenvalue weighted by molar-refractivity contribution is -0.155. The number of hydrogen-bond acceptors (Lipinski definition) is 4. The van der Waals surface area contributed by atoms with Gasteiger partial charge in [0.2, 0.25) is 5.91 Å². The molecule has 1 aliphatic rings. The molecular weight excluding hydrogens is 222 g/mol. The van der Waals surface area contributed by atoms with Crippen LogP contribution in [0.15, 0.2) is 11.3 Å². The summed E-state index contributed by atoms with van der Waals surface area (Å²) in [6.45, 7) is 5.39. The number of carbonyl (C=O) groups excluding carboxylic acids is 3. The van der Waals surface area contributed by atoms with Gasteiger partial charge in [-0.3, -0.25) is 14.4 Å². The topological polar surface area (TPSA) is 72.5 Å². The molecule has 0 bridgehead atoms. The van der Waals surface area contributed by atoms with Gasteiger partial charge in [0.15, 0.2) is 11.7 Å². The average molecular weight is 239 g/mol. The molecule has 1 N–H and O–H groups in total. The van der Waals surface area contributed by atoms with Crippen molar-refractivity contribution in [1.82, 2.24) is 5.32 Å². The van der Waals surface area contributed by atoms with Gasteiger partial charge in [-0.1, -0.05) is 13.3 Å². The van der Waals surface area contributed by atoms with Crippen LogP contribution in [0, 0.1) is 5.92 Å². The summed E-state index contributed by atoms with van der Waals surface area (Å²) in [7, 11) is 0. The van der Waals surface area contributed by atoms with Gasteiger partial charge in [0.05, 0.1) is 6.61 Å². The molecule has 1 amide bonds. The molecule has 5 heteroatoms. The van der Waals surface area contributed by atoms with Gasteiger partial charge in [-0.15, -0.1) is 0 Å². The molecule has 0 radical (unpaired) electrons. The van der Waals surface area contributed by atoms with E-state index in [0.717, 1.165) is 6.42 Å². The molecule has 0 fully saturated rings. The third-order valence-corrected chi connectivity index (χ3v) is 2.61. The van der Waals surface area contributed by atoms with Crippen molar-refractivity contribution in [2.75, 3.05) is 6.61 Å². The van der Waals surface area contributed by atoms with E-state index in [-0.39, 0.29) is 6.61 Å². The van der Waals surface area contributed by atoms with Gasteiger partial charge in [-0.25, -0.2) is 0 Å². The van der Waals surface area contributed by atoms with Gasteiger partial charge in [0, 0.05) is 11.3 Å². The molecule has 0 saturated heterocycles. The van der Waals surface area contributed by atoms with Crippen molar-refractivity contribution in [2.45, 2.75) is 33.6 Å². The van der Waals surface area contributed by atoms with Crippen molar-refractivity contribution in [3.8, 4) is 0 Å². The smallest absolute Gasteiger partial charge is 0.326 e. The minimum absolute atomic E-state index is 0.154. The Balaban J connectivity index is 2.99. The Bertz CT molecular complexity index is 384. The Hall–Kier alpha value is -1.65. The molecule has 0 saturated carbocycles. The quantitative estimate of drug-likeness (QED) is 0.585. The normalized spacial score (nSPS) is 20.3. The molecule has 17 heavy (non-hydrogen) atoms. The summed E-state index contributed by atoms with van der Waals surface area (Å²) in [5.41, 5.74) is 1.06. The second-order valence-electron chi connectivity index (χ2n) is 3.89. The van der Waals surface area contributed by atoms with Gasteiger partial charge in [0.25, 0.3) is 0 Å². The number of esters is 1. The minimum Gasteiger partial charge on any atom is -0.465 e. The predicted molar refractivity (Wildman–Crippen MR) is 60.9 cm³/mol. The van der Waals surface area contributed by atoms with Crippen LogP contribution in [0.1, 0.15) is 33.6 Å². The summed E-state index contributed by atoms with van der Waals surface area (Å²) in [6.07, 6.45) is 1.34. The minimum atomic E-state index is -1.33. The molecule has 0 aromatic carbocycles. The standard InChI is InChI=1S/C12H17NO4/c1-4-6-8-7(3)13-11(15)9(10(8)14)12(16)17-5-2/h9H,4-6H2,1-3H3,(H,13,15). The van der Waals surface area contributed by atoms with Crippen molar-refractivity contribution >= 4 is 17.7 Å². The SMILES string of the molecule is CCCC1=C(C)NC(=O)C(C(=O)OCC)C1=O. The van der Waals surface area contributed by atoms with E-state index in [0.29, 0.717) is 17.7 Å². The number of hydrogen-bond donors (Lipinski definition) is 1. The van der Waals surface area contributed by atoms with Gasteiger partial charge < -0.3 is 10.1 Å². The molecular formula is C12H17NO4. The van der Waals surface area contributed by atoms with Crippen LogP contribution in [-0.4, -0.2) is 24.3 Å². The second-order valence-corrected chi connectivity index (χ2v) is 3.89. The first-order chi connectivity index (χ1) is 8.02. The van der Waals surface area contributed by atoms with E-state index in [1.54, 1.807) is 13.8 Å². The van der Waals surface area contributed by atoms with Crippen LogP contribution in [0.2, 0.25) is 0 Å². The molecule has 1 aliphatic heterocycles. The summed E-state index contributed by atoms with van der Waals surface area (Å²) in [5.74, 6) is -3.12. The maximum atomic E-state index is 12.0. The number of nitrogens with one attached hydrogen (secondary N) is 1. The number of allylic oxidation sites excluding steroid dienone is 2. The third-order valence-electron chi connectivity index (χ3n) is 2.61. The van der Waals surface area contributed by atoms with E-state index < -0.39 is 23.6 Å². The van der Waals surface area contributed by atoms with Crippen LogP contribution in [-0.2, 0) is 19.1 Å². The fraction of sp³-hybridized carbons (Fsp3) is 0.583. The molecule has 1 rings (SSSR count). The Kier molecular flexibility index (Phi) is 4.43. The third kappa shape index (κ3) is 2.72. The van der Waals surface area contributed by atoms with Gasteiger partial charge >= 0.3 is 5.97 Å². The van der Waals surface area contributed by atoms with E-state index in [1.165, 1.54) is 0 Å². The number of rotatable bonds is 4. The van der Waals surface area contributed by atoms with E-state index in [4.69, 9.17) is 4.74 Å². The summed E-state index contributed by atoms with van der Waals surface area (Å²) in [6, 6.07) is 0. The summed E-state index contributed by atoms with van der Waals surface area (Å²) in [4.78, 5) is 35.2. The van der Waals surface area contributed by atoms with Crippen LogP contribution in [0.5, 0.6) is 0 Å². The zero-order valence-electron chi connectivity index (χ0n) is 10.3. The van der Waals surface area contributed by atoms with Crippen LogP contribution < -0.4 is 5.32 Å². The molecule has 5 nitrogen and oxygen atoms in total. The van der Waals surface area contributed by atoms with E-state index in [9.17, 15) is 14.4 Å². The van der Waals surface area contributed by atoms with Gasteiger partial charge in [-0.05, 0) is 20.3 Å². The molecule has 0 aromatic heterocycles. The lowest BCUT2D eigenvalue weighted by Crippen LogP contribution is -2.45. The van der Waals surface area contributed by atoms with Gasteiger partial charge in [0.1, 0.15) is 0 Å². The number of amides is 1. The largest absolute Gasteiger partial charge is 0.465 e. The molecule has 0 aliphatic carbocycles. The molecule has 0 spiro atoms. The Morgan fingerprint density at radius 3 is 2.53 bits per heavy atom. The number of Topliss-reactive ketones (excluding diaryl/α,β-unsaturated/α-hetero) is 1. The first-order valence-corrected chi connectivity index (χ1v) is 5.74. The summed E-state index contributed by atoms with van der Waals surface area (Å²) >= 11 is 0. The van der Waals surface area contributed by atoms with Crippen molar-refractivity contribution in [1.29, 1.82) is 0 Å². The Morgan fingerprint density at radius 2 is 2.00 bits per heavy atom. The Morgan fingerprint density at radius 1 is 1.35 bits per heavy atom. The molecule has 1 atom stereocenters. The Labute approximate surface area is 100 Å². The van der Waals surface area contributed by atoms with E-state index >= 15 is 0 Å². The maximum Gasteiger partial charge on any atom is 0.326 e. The molecule has 1 unspecified atom stereocenters. The molecule has 0 aromatic rings. The average Bonchev–Trinajstić information content (AvgIpc) is 2.24. The highest BCUT2D eigenvalue weighted by atomic mass is 16.5. The fourth-order valence-electron chi connectivity index (χ4n) is 1.81. The van der Waals surface area contributed by atoms with Crippen LogP contribution in [0.25, 0.3) is 0 Å². The number of ketones is 1. The second kappa shape index (κ2) is 5.61. The summed E-state index contributed by atoms with van der Waals surface area (Å²) < 4.78 is 4.74. The molecule has 94 valence electrons. The first-order valence-electron chi connectivity index (χ1n) is 5.74. The zero-order chi connectivity index (χ0) is 13.0. The highest BCUT2D eigenvalue weighted by Gasteiger charge is 2.40. The zero-order valence-corrected chi connectivity index (χ0v) is 10.3. The highest BCUT2D eigenvalue weighted by Crippen LogP contribution is 2.21. The predicted octanol–water partition coefficient (Wildman–Crippen LogP) is 0.939. The number of ether oxygens (including phenoxy) is 1. The van der Waals surface area contributed by atoms with Crippen LogP contribution in [0.3, 0.4) is 0 Å². The highest BCUT2D eigenvalue weighted by molar-refractivity contribution is 6.24. The van der Waals surface area contributed by atoms with Crippen molar-refractivity contribution in [3.63, 3.8) is 0 Å². The fourth-order valence-corrected chi connectivity index (χ4v) is 1.81. The van der Waals surface area contributed by atoms with Crippen LogP contribution >= 0.6 is 0 Å². The summed E-state index contributed by atoms with van der Waals surface area (Å²) in [5, 5.41) is 2.55. The van der Waals surface area contributed by atoms with Crippen LogP contribution in [0.4, 0.5) is 0 Å². The number of carbonyl (C=O) groups is 3. The van der Waals surface area contributed by atoms with E-state index in [1.807, 2.05) is 6.92 Å². The van der Waals surface area contributed by atoms with Gasteiger partial charge in [-0.2, -0.15) is 0 Å². The maximum absolute atomic E-state index is 12.0. The van der Waals surface area contributed by atoms with Crippen molar-refractivity contribution in [2.24, 2.45) is 5.92 Å². The van der Waals surface area contributed by atoms with Crippen molar-refractivity contribution in [3.05, 3.63) is 11.3 Å². The first kappa shape index (κ1) is 13.4. The van der Waals surface area contributed by atoms with Crippen molar-refractivity contribution < 1.29 is 19.1 Å².